The Morgan fingerprint density at radius 1 is 1.06 bits per heavy atom. The zero-order valence-corrected chi connectivity index (χ0v) is 21.7. The minimum atomic E-state index is -0.171. The van der Waals surface area contributed by atoms with Gasteiger partial charge in [0.25, 0.3) is 0 Å². The van der Waals surface area contributed by atoms with Crippen molar-refractivity contribution in [2.24, 2.45) is 45.3 Å². The molecular formula is C30H46O2. The Morgan fingerprint density at radius 3 is 2.53 bits per heavy atom. The summed E-state index contributed by atoms with van der Waals surface area (Å²) >= 11 is 0. The van der Waals surface area contributed by atoms with Crippen LogP contribution >= 0.6 is 0 Å². The molecule has 1 heterocycles. The van der Waals surface area contributed by atoms with Gasteiger partial charge in [-0.15, -0.1) is 0 Å². The molecule has 0 aromatic heterocycles. The number of Topliss-reactive ketones (excluding diaryl/α,β-unsaturated/α-hetero) is 1. The van der Waals surface area contributed by atoms with Crippen molar-refractivity contribution < 1.29 is 9.53 Å². The molecule has 0 bridgehead atoms. The van der Waals surface area contributed by atoms with Crippen molar-refractivity contribution >= 4 is 5.78 Å². The van der Waals surface area contributed by atoms with Gasteiger partial charge in [0.05, 0.1) is 12.7 Å². The van der Waals surface area contributed by atoms with Gasteiger partial charge in [-0.05, 0) is 98.7 Å². The van der Waals surface area contributed by atoms with Gasteiger partial charge in [-0.1, -0.05) is 57.9 Å². The minimum absolute atomic E-state index is 0.171. The SMILES string of the molecule is CC(C)=C[C@H]1C[C@@H]([C@@H]2CC[C@]3(C)C4=CCC5C(C)(C)C(=O)CC[C@]5(C)C4CC[C@@]23C)CO1. The molecule has 4 fully saturated rings. The molecule has 2 unspecified atom stereocenters. The van der Waals surface area contributed by atoms with E-state index in [1.54, 1.807) is 5.57 Å². The van der Waals surface area contributed by atoms with Gasteiger partial charge >= 0.3 is 0 Å². The normalized spacial score (nSPS) is 49.7. The Balaban J connectivity index is 1.45. The van der Waals surface area contributed by atoms with E-state index in [1.165, 1.54) is 37.7 Å². The highest BCUT2D eigenvalue weighted by Crippen LogP contribution is 2.73. The number of ketones is 1. The first-order valence-electron chi connectivity index (χ1n) is 13.4. The van der Waals surface area contributed by atoms with Gasteiger partial charge < -0.3 is 4.74 Å². The molecule has 4 aliphatic carbocycles. The average molecular weight is 439 g/mol. The summed E-state index contributed by atoms with van der Waals surface area (Å²) in [7, 11) is 0. The van der Waals surface area contributed by atoms with Crippen LogP contribution in [0, 0.1) is 45.3 Å². The molecule has 0 aromatic rings. The summed E-state index contributed by atoms with van der Waals surface area (Å²) in [6, 6.07) is 0. The largest absolute Gasteiger partial charge is 0.374 e. The van der Waals surface area contributed by atoms with Crippen LogP contribution in [-0.4, -0.2) is 18.5 Å². The van der Waals surface area contributed by atoms with Crippen LogP contribution in [0.25, 0.3) is 0 Å². The van der Waals surface area contributed by atoms with E-state index in [0.717, 1.165) is 31.8 Å². The fraction of sp³-hybridized carbons (Fsp3) is 0.833. The Morgan fingerprint density at radius 2 is 1.81 bits per heavy atom. The van der Waals surface area contributed by atoms with Crippen molar-refractivity contribution in [1.29, 1.82) is 0 Å². The summed E-state index contributed by atoms with van der Waals surface area (Å²) in [5, 5.41) is 0. The first-order valence-corrected chi connectivity index (χ1v) is 13.4. The number of hydrogen-bond donors (Lipinski definition) is 0. The van der Waals surface area contributed by atoms with Crippen molar-refractivity contribution in [3.8, 4) is 0 Å². The lowest BCUT2D eigenvalue weighted by Crippen LogP contribution is -2.57. The number of rotatable bonds is 2. The second-order valence-corrected chi connectivity index (χ2v) is 13.7. The lowest BCUT2D eigenvalue weighted by molar-refractivity contribution is -0.146. The van der Waals surface area contributed by atoms with E-state index in [4.69, 9.17) is 4.74 Å². The maximum absolute atomic E-state index is 12.8. The number of ether oxygens (including phenoxy) is 1. The van der Waals surface area contributed by atoms with Crippen LogP contribution in [0.3, 0.4) is 0 Å². The molecule has 3 saturated carbocycles. The fourth-order valence-electron chi connectivity index (χ4n) is 9.76. The molecule has 0 radical (unpaired) electrons. The topological polar surface area (TPSA) is 26.3 Å². The number of fused-ring (bicyclic) bond motifs is 5. The second-order valence-electron chi connectivity index (χ2n) is 13.7. The van der Waals surface area contributed by atoms with E-state index >= 15 is 0 Å². The Hall–Kier alpha value is -0.890. The molecule has 5 aliphatic rings. The lowest BCUT2D eigenvalue weighted by atomic mass is 9.41. The molecule has 178 valence electrons. The summed E-state index contributed by atoms with van der Waals surface area (Å²) in [5.41, 5.74) is 3.98. The van der Waals surface area contributed by atoms with E-state index < -0.39 is 0 Å². The zero-order valence-electron chi connectivity index (χ0n) is 21.7. The van der Waals surface area contributed by atoms with Crippen molar-refractivity contribution in [2.45, 2.75) is 106 Å². The van der Waals surface area contributed by atoms with Crippen LogP contribution in [0.1, 0.15) is 99.8 Å². The summed E-state index contributed by atoms with van der Waals surface area (Å²) in [6.07, 6.45) is 14.9. The maximum Gasteiger partial charge on any atom is 0.138 e. The van der Waals surface area contributed by atoms with Gasteiger partial charge in [0.1, 0.15) is 5.78 Å². The lowest BCUT2D eigenvalue weighted by Gasteiger charge is -2.63. The highest BCUT2D eigenvalue weighted by atomic mass is 16.5. The van der Waals surface area contributed by atoms with Gasteiger partial charge in [0.15, 0.2) is 0 Å². The summed E-state index contributed by atoms with van der Waals surface area (Å²) < 4.78 is 6.25. The van der Waals surface area contributed by atoms with Gasteiger partial charge in [0, 0.05) is 11.8 Å². The Kier molecular flexibility index (Phi) is 5.22. The molecule has 8 atom stereocenters. The summed E-state index contributed by atoms with van der Waals surface area (Å²) in [5.74, 6) is 3.15. The third-order valence-electron chi connectivity index (χ3n) is 11.8. The second kappa shape index (κ2) is 7.30. The fourth-order valence-corrected chi connectivity index (χ4v) is 9.76. The molecule has 2 nitrogen and oxygen atoms in total. The van der Waals surface area contributed by atoms with Gasteiger partial charge in [-0.2, -0.15) is 0 Å². The zero-order chi connectivity index (χ0) is 23.1. The number of hydrogen-bond acceptors (Lipinski definition) is 2. The van der Waals surface area contributed by atoms with Gasteiger partial charge in [-0.3, -0.25) is 4.79 Å². The van der Waals surface area contributed by atoms with E-state index in [2.05, 4.69) is 60.6 Å². The summed E-state index contributed by atoms with van der Waals surface area (Å²) in [4.78, 5) is 12.8. The predicted octanol–water partition coefficient (Wildman–Crippen LogP) is 7.53. The quantitative estimate of drug-likeness (QED) is 0.416. The van der Waals surface area contributed by atoms with Crippen LogP contribution in [0.15, 0.2) is 23.3 Å². The minimum Gasteiger partial charge on any atom is -0.374 e. The smallest absolute Gasteiger partial charge is 0.138 e. The Bertz CT molecular complexity index is 860. The van der Waals surface area contributed by atoms with Crippen LogP contribution < -0.4 is 0 Å². The van der Waals surface area contributed by atoms with E-state index in [1.807, 2.05) is 0 Å². The number of carbonyl (C=O) groups is 1. The average Bonchev–Trinajstić information content (AvgIpc) is 3.26. The van der Waals surface area contributed by atoms with Crippen molar-refractivity contribution in [3.63, 3.8) is 0 Å². The van der Waals surface area contributed by atoms with Crippen molar-refractivity contribution in [3.05, 3.63) is 23.3 Å². The number of allylic oxidation sites excluding steroid dienone is 3. The summed E-state index contributed by atoms with van der Waals surface area (Å²) in [6.45, 7) is 17.6. The first-order chi connectivity index (χ1) is 14.9. The third-order valence-corrected chi connectivity index (χ3v) is 11.8. The monoisotopic (exact) mass is 438 g/mol. The highest BCUT2D eigenvalue weighted by Gasteiger charge is 2.65. The van der Waals surface area contributed by atoms with Crippen LogP contribution in [0.2, 0.25) is 0 Å². The molecule has 0 aromatic carbocycles. The van der Waals surface area contributed by atoms with E-state index in [-0.39, 0.29) is 10.8 Å². The molecule has 2 heteroatoms. The van der Waals surface area contributed by atoms with Gasteiger partial charge in [-0.25, -0.2) is 0 Å². The van der Waals surface area contributed by atoms with E-state index in [0.29, 0.717) is 40.5 Å². The predicted molar refractivity (Wildman–Crippen MR) is 131 cm³/mol. The molecule has 0 N–H and O–H groups in total. The molecule has 1 aliphatic heterocycles. The van der Waals surface area contributed by atoms with Crippen molar-refractivity contribution in [1.82, 2.24) is 0 Å². The molecule has 1 saturated heterocycles. The highest BCUT2D eigenvalue weighted by molar-refractivity contribution is 5.85. The van der Waals surface area contributed by atoms with E-state index in [9.17, 15) is 4.79 Å². The molecule has 32 heavy (non-hydrogen) atoms. The standard InChI is InChI=1S/C30H46O2/c1-19(2)16-21-17-20(18-32-21)22-10-14-30(7)24-8-9-25-27(3,4)26(31)12-13-28(25,5)23(24)11-15-29(22,30)6/h8,16,20-23,25H,9-15,17-18H2,1-7H3/t20-,21+,22+,23?,25?,28-,29+,30-/m1/s1. The van der Waals surface area contributed by atoms with Gasteiger partial charge in [0.2, 0.25) is 0 Å². The maximum atomic E-state index is 12.8. The molecule has 0 amide bonds. The Labute approximate surface area is 196 Å². The number of carbonyl (C=O) groups excluding carboxylic acids is 1. The van der Waals surface area contributed by atoms with Crippen LogP contribution in [0.4, 0.5) is 0 Å². The van der Waals surface area contributed by atoms with Crippen molar-refractivity contribution in [2.75, 3.05) is 6.61 Å². The third kappa shape index (κ3) is 2.96. The molecule has 0 spiro atoms. The molecular weight excluding hydrogens is 392 g/mol. The molecule has 5 rings (SSSR count). The van der Waals surface area contributed by atoms with Crippen LogP contribution in [0.5, 0.6) is 0 Å². The first kappa shape index (κ1) is 22.9. The van der Waals surface area contributed by atoms with Crippen LogP contribution in [-0.2, 0) is 9.53 Å².